The average molecular weight is 345 g/mol. The summed E-state index contributed by atoms with van der Waals surface area (Å²) in [5, 5.41) is 4.13. The molecule has 2 rings (SSSR count). The molecule has 22 heavy (non-hydrogen) atoms. The Balaban J connectivity index is 1.67. The highest BCUT2D eigenvalue weighted by atomic mass is 35.5. The number of halogens is 2. The fourth-order valence-electron chi connectivity index (χ4n) is 2.80. The second kappa shape index (κ2) is 8.61. The van der Waals surface area contributed by atoms with E-state index in [2.05, 4.69) is 5.32 Å². The van der Waals surface area contributed by atoms with Gasteiger partial charge in [-0.05, 0) is 49.9 Å². The lowest BCUT2D eigenvalue weighted by Gasteiger charge is -2.19. The van der Waals surface area contributed by atoms with Crippen LogP contribution in [0.2, 0.25) is 10.0 Å². The van der Waals surface area contributed by atoms with Crippen LogP contribution in [-0.2, 0) is 4.79 Å². The summed E-state index contributed by atoms with van der Waals surface area (Å²) in [5.41, 5.74) is 5.72. The van der Waals surface area contributed by atoms with E-state index in [0.29, 0.717) is 47.7 Å². The second-order valence-electron chi connectivity index (χ2n) is 5.63. The highest BCUT2D eigenvalue weighted by molar-refractivity contribution is 6.35. The lowest BCUT2D eigenvalue weighted by Crippen LogP contribution is -2.39. The van der Waals surface area contributed by atoms with E-state index < -0.39 is 0 Å². The lowest BCUT2D eigenvalue weighted by atomic mass is 10.0. The zero-order valence-electron chi connectivity index (χ0n) is 12.5. The molecule has 1 amide bonds. The molecule has 1 aliphatic carbocycles. The topological polar surface area (TPSA) is 64.3 Å². The number of benzene rings is 1. The van der Waals surface area contributed by atoms with E-state index in [0.717, 1.165) is 19.3 Å². The van der Waals surface area contributed by atoms with Gasteiger partial charge in [-0.25, -0.2) is 0 Å². The van der Waals surface area contributed by atoms with E-state index in [-0.39, 0.29) is 11.9 Å². The third-order valence-corrected chi connectivity index (χ3v) is 4.54. The summed E-state index contributed by atoms with van der Waals surface area (Å²) in [4.78, 5) is 11.9. The van der Waals surface area contributed by atoms with Crippen molar-refractivity contribution >= 4 is 29.1 Å². The zero-order chi connectivity index (χ0) is 15.9. The number of nitrogens with one attached hydrogen (secondary N) is 1. The lowest BCUT2D eigenvalue weighted by molar-refractivity contribution is -0.122. The molecule has 1 aromatic rings. The largest absolute Gasteiger partial charge is 0.492 e. The van der Waals surface area contributed by atoms with Gasteiger partial charge >= 0.3 is 0 Å². The normalized spacial score (nSPS) is 20.9. The number of amides is 1. The van der Waals surface area contributed by atoms with Gasteiger partial charge < -0.3 is 15.8 Å². The summed E-state index contributed by atoms with van der Waals surface area (Å²) in [6, 6.07) is 5.33. The van der Waals surface area contributed by atoms with Crippen LogP contribution in [0.15, 0.2) is 18.2 Å². The summed E-state index contributed by atoms with van der Waals surface area (Å²) in [7, 11) is 0. The van der Waals surface area contributed by atoms with Gasteiger partial charge in [0.2, 0.25) is 5.91 Å². The molecular weight excluding hydrogens is 323 g/mol. The van der Waals surface area contributed by atoms with Crippen molar-refractivity contribution in [1.82, 2.24) is 5.32 Å². The van der Waals surface area contributed by atoms with Crippen LogP contribution in [-0.4, -0.2) is 25.1 Å². The molecule has 0 aliphatic heterocycles. The highest BCUT2D eigenvalue weighted by Gasteiger charge is 2.26. The first-order chi connectivity index (χ1) is 10.6. The summed E-state index contributed by atoms with van der Waals surface area (Å²) in [5.74, 6) is 1.08. The Kier molecular flexibility index (Phi) is 6.80. The molecule has 2 atom stereocenters. The summed E-state index contributed by atoms with van der Waals surface area (Å²) in [6.07, 6.45) is 4.37. The van der Waals surface area contributed by atoms with Crippen molar-refractivity contribution in [3.63, 3.8) is 0 Å². The third-order valence-electron chi connectivity index (χ3n) is 4.01. The van der Waals surface area contributed by atoms with E-state index in [1.807, 2.05) is 0 Å². The van der Waals surface area contributed by atoms with Gasteiger partial charge in [-0.3, -0.25) is 4.79 Å². The first-order valence-electron chi connectivity index (χ1n) is 7.67. The van der Waals surface area contributed by atoms with Gasteiger partial charge in [-0.15, -0.1) is 0 Å². The first kappa shape index (κ1) is 17.4. The second-order valence-corrected chi connectivity index (χ2v) is 6.47. The fraction of sp³-hybridized carbons (Fsp3) is 0.562. The fourth-order valence-corrected chi connectivity index (χ4v) is 3.26. The smallest absolute Gasteiger partial charge is 0.220 e. The Bertz CT molecular complexity index is 511. The van der Waals surface area contributed by atoms with Crippen molar-refractivity contribution in [3.8, 4) is 5.75 Å². The molecule has 0 heterocycles. The minimum atomic E-state index is 0.0659. The Hall–Kier alpha value is -0.970. The molecule has 1 fully saturated rings. The predicted octanol–water partition coefficient (Wildman–Crippen LogP) is 3.40. The Morgan fingerprint density at radius 2 is 2.18 bits per heavy atom. The number of rotatable bonds is 7. The Morgan fingerprint density at radius 3 is 2.91 bits per heavy atom. The maximum Gasteiger partial charge on any atom is 0.220 e. The van der Waals surface area contributed by atoms with Crippen LogP contribution in [0, 0.1) is 5.92 Å². The van der Waals surface area contributed by atoms with Gasteiger partial charge in [0.1, 0.15) is 5.75 Å². The number of hydrogen-bond acceptors (Lipinski definition) is 3. The first-order valence-corrected chi connectivity index (χ1v) is 8.43. The molecule has 0 spiro atoms. The van der Waals surface area contributed by atoms with Crippen LogP contribution in [0.1, 0.15) is 32.1 Å². The minimum absolute atomic E-state index is 0.0659. The van der Waals surface area contributed by atoms with Crippen LogP contribution in [0.3, 0.4) is 0 Å². The van der Waals surface area contributed by atoms with Gasteiger partial charge in [0.15, 0.2) is 0 Å². The Labute approximate surface area is 141 Å². The van der Waals surface area contributed by atoms with Crippen LogP contribution in [0.5, 0.6) is 5.75 Å². The van der Waals surface area contributed by atoms with Crippen LogP contribution in [0.25, 0.3) is 0 Å². The number of carbonyl (C=O) groups is 1. The van der Waals surface area contributed by atoms with Crippen LogP contribution < -0.4 is 15.8 Å². The van der Waals surface area contributed by atoms with Crippen molar-refractivity contribution in [2.75, 3.05) is 13.2 Å². The summed E-state index contributed by atoms with van der Waals surface area (Å²) >= 11 is 11.8. The van der Waals surface area contributed by atoms with E-state index in [9.17, 15) is 4.79 Å². The highest BCUT2D eigenvalue weighted by Crippen LogP contribution is 2.27. The van der Waals surface area contributed by atoms with Crippen LogP contribution in [0.4, 0.5) is 0 Å². The van der Waals surface area contributed by atoms with Crippen LogP contribution >= 0.6 is 23.2 Å². The van der Waals surface area contributed by atoms with Crippen molar-refractivity contribution in [2.24, 2.45) is 11.7 Å². The van der Waals surface area contributed by atoms with Crippen molar-refractivity contribution < 1.29 is 9.53 Å². The molecule has 0 aromatic heterocycles. The quantitative estimate of drug-likeness (QED) is 0.745. The van der Waals surface area contributed by atoms with E-state index in [1.165, 1.54) is 0 Å². The minimum Gasteiger partial charge on any atom is -0.492 e. The van der Waals surface area contributed by atoms with E-state index >= 15 is 0 Å². The molecule has 1 saturated carbocycles. The summed E-state index contributed by atoms with van der Waals surface area (Å²) < 4.78 is 5.56. The van der Waals surface area contributed by atoms with Gasteiger partial charge in [-0.2, -0.15) is 0 Å². The standard InChI is InChI=1S/C16H22Cl2N2O2/c17-12-6-7-15(13(18)9-12)22-8-2-5-16(21)20-14-4-1-3-11(14)10-19/h6-7,9,11,14H,1-5,8,10,19H2,(H,20,21). The molecule has 0 bridgehead atoms. The number of carbonyl (C=O) groups excluding carboxylic acids is 1. The molecular formula is C16H22Cl2N2O2. The predicted molar refractivity (Wildman–Crippen MR) is 89.5 cm³/mol. The van der Waals surface area contributed by atoms with E-state index in [1.54, 1.807) is 18.2 Å². The maximum absolute atomic E-state index is 11.9. The third kappa shape index (κ3) is 5.04. The Morgan fingerprint density at radius 1 is 1.36 bits per heavy atom. The molecule has 1 aliphatic rings. The molecule has 2 unspecified atom stereocenters. The van der Waals surface area contributed by atoms with Gasteiger partial charge in [-0.1, -0.05) is 29.6 Å². The maximum atomic E-state index is 11.9. The van der Waals surface area contributed by atoms with Gasteiger partial charge in [0.05, 0.1) is 11.6 Å². The van der Waals surface area contributed by atoms with E-state index in [4.69, 9.17) is 33.7 Å². The molecule has 122 valence electrons. The molecule has 4 nitrogen and oxygen atoms in total. The van der Waals surface area contributed by atoms with Crippen molar-refractivity contribution in [3.05, 3.63) is 28.2 Å². The van der Waals surface area contributed by atoms with Crippen molar-refractivity contribution in [2.45, 2.75) is 38.1 Å². The average Bonchev–Trinajstić information content (AvgIpc) is 2.92. The monoisotopic (exact) mass is 344 g/mol. The van der Waals surface area contributed by atoms with Crippen molar-refractivity contribution in [1.29, 1.82) is 0 Å². The van der Waals surface area contributed by atoms with Gasteiger partial charge in [0, 0.05) is 17.5 Å². The molecule has 0 saturated heterocycles. The molecule has 1 aromatic carbocycles. The summed E-state index contributed by atoms with van der Waals surface area (Å²) in [6.45, 7) is 1.09. The van der Waals surface area contributed by atoms with Gasteiger partial charge in [0.25, 0.3) is 0 Å². The number of nitrogens with two attached hydrogens (primary N) is 1. The molecule has 3 N–H and O–H groups in total. The number of hydrogen-bond donors (Lipinski definition) is 2. The zero-order valence-corrected chi connectivity index (χ0v) is 14.0. The molecule has 0 radical (unpaired) electrons. The SMILES string of the molecule is NCC1CCCC1NC(=O)CCCOc1ccc(Cl)cc1Cl. The molecule has 6 heteroatoms. The number of ether oxygens (including phenoxy) is 1.